The van der Waals surface area contributed by atoms with E-state index in [1.165, 1.54) is 0 Å². The van der Waals surface area contributed by atoms with E-state index in [1.807, 2.05) is 0 Å². The lowest BCUT2D eigenvalue weighted by Gasteiger charge is -2.23. The summed E-state index contributed by atoms with van der Waals surface area (Å²) in [6.45, 7) is 6.30. The largest absolute Gasteiger partial charge is 0.381 e. The Kier molecular flexibility index (Phi) is 6.44. The standard InChI is InChI=1S/C12H25NO3S/c1-3-7-13-11(2)6-10-17(14,15)12-4-8-16-9-5-12/h11-13H,3-10H2,1-2H3. The summed E-state index contributed by atoms with van der Waals surface area (Å²) in [6.07, 6.45) is 3.12. The van der Waals surface area contributed by atoms with E-state index in [1.54, 1.807) is 0 Å². The average Bonchev–Trinajstić information content (AvgIpc) is 2.35. The molecule has 1 N–H and O–H groups in total. The highest BCUT2D eigenvalue weighted by Crippen LogP contribution is 2.17. The first kappa shape index (κ1) is 14.9. The molecule has 1 fully saturated rings. The molecule has 0 spiro atoms. The van der Waals surface area contributed by atoms with Crippen molar-refractivity contribution in [3.05, 3.63) is 0 Å². The third-order valence-electron chi connectivity index (χ3n) is 3.25. The van der Waals surface area contributed by atoms with Crippen LogP contribution in [0.5, 0.6) is 0 Å². The molecule has 0 aromatic heterocycles. The van der Waals surface area contributed by atoms with Crippen molar-refractivity contribution in [2.24, 2.45) is 0 Å². The molecule has 1 rings (SSSR count). The number of hydrogen-bond donors (Lipinski definition) is 1. The smallest absolute Gasteiger partial charge is 0.153 e. The van der Waals surface area contributed by atoms with Crippen molar-refractivity contribution in [1.82, 2.24) is 5.32 Å². The van der Waals surface area contributed by atoms with Crippen LogP contribution in [0.15, 0.2) is 0 Å². The normalized spacial score (nSPS) is 20.4. The van der Waals surface area contributed by atoms with Gasteiger partial charge in [-0.2, -0.15) is 0 Å². The molecule has 0 aromatic carbocycles. The lowest BCUT2D eigenvalue weighted by atomic mass is 10.2. The fourth-order valence-corrected chi connectivity index (χ4v) is 3.96. The second-order valence-corrected chi connectivity index (χ2v) is 7.22. The van der Waals surface area contributed by atoms with Gasteiger partial charge < -0.3 is 10.1 Å². The minimum Gasteiger partial charge on any atom is -0.381 e. The second-order valence-electron chi connectivity index (χ2n) is 4.82. The molecule has 4 nitrogen and oxygen atoms in total. The molecular formula is C12H25NO3S. The summed E-state index contributed by atoms with van der Waals surface area (Å²) in [5.41, 5.74) is 0. The zero-order chi connectivity index (χ0) is 12.7. The molecule has 0 amide bonds. The number of rotatable bonds is 7. The zero-order valence-electron chi connectivity index (χ0n) is 10.9. The van der Waals surface area contributed by atoms with Crippen LogP contribution < -0.4 is 5.32 Å². The summed E-state index contributed by atoms with van der Waals surface area (Å²) in [5.74, 6) is 0.301. The Morgan fingerprint density at radius 3 is 2.59 bits per heavy atom. The van der Waals surface area contributed by atoms with Crippen LogP contribution in [0.25, 0.3) is 0 Å². The Balaban J connectivity index is 2.33. The molecule has 1 unspecified atom stereocenters. The molecule has 102 valence electrons. The van der Waals surface area contributed by atoms with E-state index in [0.717, 1.165) is 13.0 Å². The van der Waals surface area contributed by atoms with Gasteiger partial charge in [-0.3, -0.25) is 0 Å². The van der Waals surface area contributed by atoms with Gasteiger partial charge in [-0.05, 0) is 39.2 Å². The van der Waals surface area contributed by atoms with Crippen LogP contribution in [-0.2, 0) is 14.6 Å². The molecule has 0 radical (unpaired) electrons. The van der Waals surface area contributed by atoms with E-state index in [4.69, 9.17) is 4.74 Å². The molecule has 1 aliphatic rings. The van der Waals surface area contributed by atoms with Crippen molar-refractivity contribution in [3.63, 3.8) is 0 Å². The minimum absolute atomic E-state index is 0.172. The van der Waals surface area contributed by atoms with Gasteiger partial charge >= 0.3 is 0 Å². The van der Waals surface area contributed by atoms with Crippen LogP contribution in [0.1, 0.15) is 39.5 Å². The van der Waals surface area contributed by atoms with Crippen LogP contribution >= 0.6 is 0 Å². The number of ether oxygens (including phenoxy) is 1. The van der Waals surface area contributed by atoms with Crippen molar-refractivity contribution >= 4 is 9.84 Å². The highest BCUT2D eigenvalue weighted by atomic mass is 32.2. The Hall–Kier alpha value is -0.130. The monoisotopic (exact) mass is 263 g/mol. The summed E-state index contributed by atoms with van der Waals surface area (Å²) >= 11 is 0. The molecule has 0 bridgehead atoms. The van der Waals surface area contributed by atoms with Gasteiger partial charge in [0, 0.05) is 19.3 Å². The zero-order valence-corrected chi connectivity index (χ0v) is 11.8. The maximum atomic E-state index is 12.1. The van der Waals surface area contributed by atoms with Crippen LogP contribution in [-0.4, -0.2) is 45.2 Å². The van der Waals surface area contributed by atoms with Gasteiger partial charge in [-0.15, -0.1) is 0 Å². The first-order chi connectivity index (χ1) is 8.06. The fraction of sp³-hybridized carbons (Fsp3) is 1.00. The average molecular weight is 263 g/mol. The molecule has 0 saturated carbocycles. The van der Waals surface area contributed by atoms with Gasteiger partial charge in [0.05, 0.1) is 11.0 Å². The van der Waals surface area contributed by atoms with Gasteiger partial charge in [-0.25, -0.2) is 8.42 Å². The highest BCUT2D eigenvalue weighted by Gasteiger charge is 2.27. The third kappa shape index (κ3) is 5.36. The minimum atomic E-state index is -2.92. The van der Waals surface area contributed by atoms with Crippen molar-refractivity contribution in [1.29, 1.82) is 0 Å². The van der Waals surface area contributed by atoms with Gasteiger partial charge in [0.2, 0.25) is 0 Å². The number of hydrogen-bond acceptors (Lipinski definition) is 4. The summed E-state index contributed by atoms with van der Waals surface area (Å²) in [5, 5.41) is 3.15. The van der Waals surface area contributed by atoms with E-state index in [2.05, 4.69) is 19.2 Å². The summed E-state index contributed by atoms with van der Waals surface area (Å²) in [4.78, 5) is 0. The molecule has 1 saturated heterocycles. The Morgan fingerprint density at radius 1 is 1.35 bits per heavy atom. The molecule has 17 heavy (non-hydrogen) atoms. The fourth-order valence-electron chi connectivity index (χ4n) is 2.04. The first-order valence-electron chi connectivity index (χ1n) is 6.59. The predicted molar refractivity (Wildman–Crippen MR) is 70.0 cm³/mol. The topological polar surface area (TPSA) is 55.4 Å². The number of sulfone groups is 1. The Labute approximate surface area is 105 Å². The van der Waals surface area contributed by atoms with Crippen LogP contribution in [0.4, 0.5) is 0 Å². The van der Waals surface area contributed by atoms with Crippen LogP contribution in [0, 0.1) is 0 Å². The van der Waals surface area contributed by atoms with Crippen molar-refractivity contribution in [2.75, 3.05) is 25.5 Å². The van der Waals surface area contributed by atoms with Crippen LogP contribution in [0.3, 0.4) is 0 Å². The van der Waals surface area contributed by atoms with Crippen molar-refractivity contribution in [2.45, 2.75) is 50.8 Å². The summed E-state index contributed by atoms with van der Waals surface area (Å²) in [6, 6.07) is 0.282. The molecule has 1 atom stereocenters. The van der Waals surface area contributed by atoms with Gasteiger partial charge in [-0.1, -0.05) is 6.92 Å². The predicted octanol–water partition coefficient (Wildman–Crippen LogP) is 1.36. The summed E-state index contributed by atoms with van der Waals surface area (Å²) < 4.78 is 29.4. The number of nitrogens with one attached hydrogen (secondary N) is 1. The maximum Gasteiger partial charge on any atom is 0.153 e. The second kappa shape index (κ2) is 7.34. The van der Waals surface area contributed by atoms with E-state index in [0.29, 0.717) is 38.2 Å². The Morgan fingerprint density at radius 2 is 2.00 bits per heavy atom. The quantitative estimate of drug-likeness (QED) is 0.753. The molecule has 1 aliphatic heterocycles. The summed E-state index contributed by atoms with van der Waals surface area (Å²) in [7, 11) is -2.92. The van der Waals surface area contributed by atoms with E-state index in [9.17, 15) is 8.42 Å². The molecular weight excluding hydrogens is 238 g/mol. The third-order valence-corrected chi connectivity index (χ3v) is 5.55. The lowest BCUT2D eigenvalue weighted by Crippen LogP contribution is -2.34. The van der Waals surface area contributed by atoms with E-state index in [-0.39, 0.29) is 11.3 Å². The molecule has 0 aromatic rings. The molecule has 1 heterocycles. The molecule has 5 heteroatoms. The first-order valence-corrected chi connectivity index (χ1v) is 8.30. The van der Waals surface area contributed by atoms with Gasteiger partial charge in [0.25, 0.3) is 0 Å². The van der Waals surface area contributed by atoms with Crippen LogP contribution in [0.2, 0.25) is 0 Å². The van der Waals surface area contributed by atoms with Crippen molar-refractivity contribution in [3.8, 4) is 0 Å². The lowest BCUT2D eigenvalue weighted by molar-refractivity contribution is 0.0983. The maximum absolute atomic E-state index is 12.1. The van der Waals surface area contributed by atoms with E-state index < -0.39 is 9.84 Å². The van der Waals surface area contributed by atoms with Crippen molar-refractivity contribution < 1.29 is 13.2 Å². The highest BCUT2D eigenvalue weighted by molar-refractivity contribution is 7.92. The molecule has 0 aliphatic carbocycles. The van der Waals surface area contributed by atoms with Gasteiger partial charge in [0.15, 0.2) is 9.84 Å². The Bertz CT molecular complexity index is 297. The van der Waals surface area contributed by atoms with E-state index >= 15 is 0 Å². The van der Waals surface area contributed by atoms with Gasteiger partial charge in [0.1, 0.15) is 0 Å². The SMILES string of the molecule is CCCNC(C)CCS(=O)(=O)C1CCOCC1.